The Balaban J connectivity index is 1.54. The quantitative estimate of drug-likeness (QED) is 0.103. The summed E-state index contributed by atoms with van der Waals surface area (Å²) in [6, 6.07) is 7.03. The molecule has 19 heteroatoms. The van der Waals surface area contributed by atoms with Crippen LogP contribution in [-0.2, 0) is 28.5 Å². The van der Waals surface area contributed by atoms with E-state index in [9.17, 15) is 60.3 Å². The maximum absolute atomic E-state index is 14.0. The number of benzene rings is 2. The lowest BCUT2D eigenvalue weighted by atomic mass is 9.97. The molecule has 284 valence electrons. The molecule has 0 radical (unpaired) electrons. The molecule has 19 nitrogen and oxygen atoms in total. The highest BCUT2D eigenvalue weighted by atomic mass is 16.8. The minimum Gasteiger partial charge on any atom is -0.508 e. The fourth-order valence-corrected chi connectivity index (χ4v) is 5.78. The number of carbonyl (C=O) groups is 2. The Bertz CT molecular complexity index is 1820. The maximum Gasteiger partial charge on any atom is 0.308 e. The van der Waals surface area contributed by atoms with Gasteiger partial charge in [0.15, 0.2) is 18.2 Å². The van der Waals surface area contributed by atoms with Crippen LogP contribution in [0.15, 0.2) is 45.6 Å². The van der Waals surface area contributed by atoms with Crippen molar-refractivity contribution in [2.75, 3.05) is 6.61 Å². The summed E-state index contributed by atoms with van der Waals surface area (Å²) in [6.45, 7) is 1.61. The Kier molecular flexibility index (Phi) is 11.3. The standard InChI is InChI=1S/C33H38O19/c1-12-22(40)25(43)27(45)31(48-12)52-30-26(44)23(41)18(11-47-20(39)10-33(2,46)9-19(37)38)50-32(30)51-29-24(42)21-16(36)7-15(35)8-17(21)49-28(29)13-3-5-14(34)6-4-13/h3-8,12,18,22-23,25-27,30-32,34-36,40-41,43-46H,9-11H2,1-2H3,(H,37,38)/t12-,18+,22-,23-,25+,26-,27+,30+,31-,32-,33?/m0/s1. The van der Waals surface area contributed by atoms with Gasteiger partial charge >= 0.3 is 11.9 Å². The van der Waals surface area contributed by atoms with E-state index in [2.05, 4.69) is 0 Å². The third-order valence-corrected chi connectivity index (χ3v) is 8.49. The van der Waals surface area contributed by atoms with Gasteiger partial charge in [-0.15, -0.1) is 0 Å². The fourth-order valence-electron chi connectivity index (χ4n) is 5.78. The number of ether oxygens (including phenoxy) is 5. The van der Waals surface area contributed by atoms with Crippen molar-refractivity contribution in [3.63, 3.8) is 0 Å². The van der Waals surface area contributed by atoms with E-state index in [0.29, 0.717) is 0 Å². The Morgan fingerprint density at radius 1 is 0.846 bits per heavy atom. The molecule has 1 unspecified atom stereocenters. The van der Waals surface area contributed by atoms with Crippen LogP contribution in [0.3, 0.4) is 0 Å². The highest BCUT2D eigenvalue weighted by Gasteiger charge is 2.51. The molecule has 2 aliphatic rings. The van der Waals surface area contributed by atoms with Gasteiger partial charge < -0.3 is 79.2 Å². The summed E-state index contributed by atoms with van der Waals surface area (Å²) in [5.41, 5.74) is -3.24. The molecule has 0 bridgehead atoms. The average Bonchev–Trinajstić information content (AvgIpc) is 3.05. The van der Waals surface area contributed by atoms with Crippen LogP contribution in [0.2, 0.25) is 0 Å². The van der Waals surface area contributed by atoms with Crippen molar-refractivity contribution in [1.82, 2.24) is 0 Å². The van der Waals surface area contributed by atoms with Crippen LogP contribution in [-0.4, -0.2) is 137 Å². The van der Waals surface area contributed by atoms with Crippen molar-refractivity contribution in [1.29, 1.82) is 0 Å². The number of aromatic hydroxyl groups is 3. The first-order valence-electron chi connectivity index (χ1n) is 15.8. The van der Waals surface area contributed by atoms with Crippen LogP contribution in [0.25, 0.3) is 22.3 Å². The van der Waals surface area contributed by atoms with E-state index in [4.69, 9.17) is 33.2 Å². The van der Waals surface area contributed by atoms with Crippen molar-refractivity contribution in [3.05, 3.63) is 46.6 Å². The predicted molar refractivity (Wildman–Crippen MR) is 170 cm³/mol. The first kappa shape index (κ1) is 38.7. The largest absolute Gasteiger partial charge is 0.508 e. The van der Waals surface area contributed by atoms with Gasteiger partial charge in [-0.3, -0.25) is 14.4 Å². The summed E-state index contributed by atoms with van der Waals surface area (Å²) >= 11 is 0. The number of aliphatic carboxylic acids is 1. The molecule has 2 aliphatic heterocycles. The molecule has 0 spiro atoms. The topological polar surface area (TPSA) is 313 Å². The number of carbonyl (C=O) groups excluding carboxylic acids is 1. The number of aliphatic hydroxyl groups is 6. The molecule has 2 saturated heterocycles. The molecule has 1 aromatic heterocycles. The molecule has 3 heterocycles. The van der Waals surface area contributed by atoms with Gasteiger partial charge in [0.25, 0.3) is 0 Å². The molecule has 0 saturated carbocycles. The van der Waals surface area contributed by atoms with Crippen LogP contribution in [0.5, 0.6) is 23.0 Å². The number of hydrogen-bond donors (Lipinski definition) is 10. The molecule has 2 fully saturated rings. The second-order valence-corrected chi connectivity index (χ2v) is 12.8. The summed E-state index contributed by atoms with van der Waals surface area (Å²) in [5.74, 6) is -4.91. The number of rotatable bonds is 11. The van der Waals surface area contributed by atoms with Crippen LogP contribution >= 0.6 is 0 Å². The molecule has 11 atom stereocenters. The number of aliphatic hydroxyl groups excluding tert-OH is 5. The molecule has 5 rings (SSSR count). The Morgan fingerprint density at radius 3 is 2.17 bits per heavy atom. The first-order chi connectivity index (χ1) is 24.4. The highest BCUT2D eigenvalue weighted by molar-refractivity contribution is 5.88. The molecule has 0 amide bonds. The molecular formula is C33H38O19. The third-order valence-electron chi connectivity index (χ3n) is 8.49. The molecular weight excluding hydrogens is 700 g/mol. The molecule has 3 aromatic rings. The van der Waals surface area contributed by atoms with E-state index < -0.39 is 126 Å². The summed E-state index contributed by atoms with van der Waals surface area (Å²) < 4.78 is 34.0. The molecule has 10 N–H and O–H groups in total. The number of phenols is 3. The predicted octanol–water partition coefficient (Wildman–Crippen LogP) is -1.23. The second-order valence-electron chi connectivity index (χ2n) is 12.8. The zero-order chi connectivity index (χ0) is 38.2. The first-order valence-corrected chi connectivity index (χ1v) is 15.8. The number of carboxylic acids is 1. The van der Waals surface area contributed by atoms with Crippen molar-refractivity contribution in [3.8, 4) is 34.3 Å². The van der Waals surface area contributed by atoms with E-state index in [1.807, 2.05) is 0 Å². The molecule has 2 aromatic carbocycles. The number of hydrogen-bond acceptors (Lipinski definition) is 18. The fraction of sp³-hybridized carbons (Fsp3) is 0.485. The van der Waals surface area contributed by atoms with Crippen molar-refractivity contribution in [2.45, 2.75) is 93.7 Å². The summed E-state index contributed by atoms with van der Waals surface area (Å²) in [4.78, 5) is 37.5. The number of esters is 1. The van der Waals surface area contributed by atoms with Crippen LogP contribution in [0.4, 0.5) is 0 Å². The van der Waals surface area contributed by atoms with Crippen molar-refractivity contribution in [2.24, 2.45) is 0 Å². The highest BCUT2D eigenvalue weighted by Crippen LogP contribution is 2.38. The smallest absolute Gasteiger partial charge is 0.308 e. The van der Waals surface area contributed by atoms with Crippen molar-refractivity contribution >= 4 is 22.9 Å². The van der Waals surface area contributed by atoms with Crippen LogP contribution in [0, 0.1) is 0 Å². The lowest BCUT2D eigenvalue weighted by molar-refractivity contribution is -0.354. The van der Waals surface area contributed by atoms with Crippen molar-refractivity contribution < 1.29 is 88.8 Å². The Hall–Kier alpha value is -4.57. The summed E-state index contributed by atoms with van der Waals surface area (Å²) in [5, 5.41) is 103. The van der Waals surface area contributed by atoms with E-state index in [1.165, 1.54) is 31.2 Å². The van der Waals surface area contributed by atoms with E-state index >= 15 is 0 Å². The molecule has 0 aliphatic carbocycles. The van der Waals surface area contributed by atoms with Gasteiger partial charge in [0.05, 0.1) is 24.5 Å². The SMILES string of the molecule is C[C@@H]1O[C@@H](O[C@H]2[C@H](Oc3c(-c4ccc(O)cc4)oc4cc(O)cc(O)c4c3=O)O[C@H](COC(=O)CC(C)(O)CC(=O)O)[C@H](O)[C@@H]2O)[C@H](O)[C@H](O)[C@H]1O. The minimum atomic E-state index is -2.05. The van der Waals surface area contributed by atoms with E-state index in [-0.39, 0.29) is 22.7 Å². The van der Waals surface area contributed by atoms with E-state index in [0.717, 1.165) is 19.1 Å². The Morgan fingerprint density at radius 2 is 1.52 bits per heavy atom. The van der Waals surface area contributed by atoms with Gasteiger partial charge in [-0.2, -0.15) is 0 Å². The summed E-state index contributed by atoms with van der Waals surface area (Å²) in [6.07, 6.45) is -19.3. The third kappa shape index (κ3) is 8.22. The minimum absolute atomic E-state index is 0.111. The number of carboxylic acid groups (broad SMARTS) is 1. The number of fused-ring (bicyclic) bond motifs is 1. The normalized spacial score (nSPS) is 30.4. The Labute approximate surface area is 293 Å². The van der Waals surface area contributed by atoms with Crippen LogP contribution in [0.1, 0.15) is 26.7 Å². The van der Waals surface area contributed by atoms with Gasteiger partial charge in [0.1, 0.15) is 71.4 Å². The van der Waals surface area contributed by atoms with Crippen LogP contribution < -0.4 is 10.2 Å². The zero-order valence-electron chi connectivity index (χ0n) is 27.5. The maximum atomic E-state index is 14.0. The lowest BCUT2D eigenvalue weighted by Crippen LogP contribution is -2.64. The summed E-state index contributed by atoms with van der Waals surface area (Å²) in [7, 11) is 0. The van der Waals surface area contributed by atoms with E-state index in [1.54, 1.807) is 0 Å². The monoisotopic (exact) mass is 738 g/mol. The molecule has 52 heavy (non-hydrogen) atoms. The zero-order valence-corrected chi connectivity index (χ0v) is 27.5. The van der Waals surface area contributed by atoms with Gasteiger partial charge in [0, 0.05) is 17.7 Å². The van der Waals surface area contributed by atoms with Gasteiger partial charge in [-0.25, -0.2) is 0 Å². The van der Waals surface area contributed by atoms with Gasteiger partial charge in [0.2, 0.25) is 17.5 Å². The van der Waals surface area contributed by atoms with Gasteiger partial charge in [-0.1, -0.05) is 0 Å². The van der Waals surface area contributed by atoms with Gasteiger partial charge in [-0.05, 0) is 38.1 Å². The average molecular weight is 739 g/mol. The lowest BCUT2D eigenvalue weighted by Gasteiger charge is -2.45. The number of phenolic OH excluding ortho intramolecular Hbond substituents is 3. The second kappa shape index (κ2) is 15.2.